The number of hydrogen-bond donors (Lipinski definition) is 1. The van der Waals surface area contributed by atoms with Gasteiger partial charge in [0.25, 0.3) is 0 Å². The lowest BCUT2D eigenvalue weighted by Crippen LogP contribution is -2.37. The van der Waals surface area contributed by atoms with Crippen LogP contribution in [0, 0.1) is 17.3 Å². The molecule has 1 heteroatoms. The van der Waals surface area contributed by atoms with Crippen LogP contribution < -0.4 is 0 Å². The van der Waals surface area contributed by atoms with Gasteiger partial charge in [-0.3, -0.25) is 0 Å². The number of aromatic hydroxyl groups is 1. The molecule has 0 spiro atoms. The van der Waals surface area contributed by atoms with Crippen molar-refractivity contribution in [1.29, 1.82) is 0 Å². The first-order chi connectivity index (χ1) is 9.17. The van der Waals surface area contributed by atoms with Crippen molar-refractivity contribution in [2.45, 2.75) is 32.1 Å². The van der Waals surface area contributed by atoms with E-state index in [0.29, 0.717) is 23.0 Å². The van der Waals surface area contributed by atoms with Gasteiger partial charge in [0.1, 0.15) is 5.75 Å². The highest BCUT2D eigenvalue weighted by molar-refractivity contribution is 5.61. The van der Waals surface area contributed by atoms with E-state index in [-0.39, 0.29) is 0 Å². The fourth-order valence-corrected chi connectivity index (χ4v) is 4.57. The Bertz CT molecular complexity index is 583. The van der Waals surface area contributed by atoms with Gasteiger partial charge in [-0.2, -0.15) is 0 Å². The number of allylic oxidation sites excluding steroid dienone is 3. The fraction of sp³-hybridized carbons (Fsp3) is 0.444. The molecule has 0 bridgehead atoms. The third kappa shape index (κ3) is 1.54. The van der Waals surface area contributed by atoms with Gasteiger partial charge in [-0.25, -0.2) is 0 Å². The van der Waals surface area contributed by atoms with Crippen LogP contribution in [0.1, 0.15) is 43.2 Å². The van der Waals surface area contributed by atoms with Crippen molar-refractivity contribution in [1.82, 2.24) is 0 Å². The zero-order chi connectivity index (χ0) is 13.0. The summed E-state index contributed by atoms with van der Waals surface area (Å²) in [6.07, 6.45) is 13.3. The highest BCUT2D eigenvalue weighted by Crippen LogP contribution is 2.57. The van der Waals surface area contributed by atoms with Gasteiger partial charge in [-0.05, 0) is 65.7 Å². The summed E-state index contributed by atoms with van der Waals surface area (Å²) in [7, 11) is 0. The maximum absolute atomic E-state index is 9.63. The van der Waals surface area contributed by atoms with E-state index in [1.165, 1.54) is 30.4 Å². The predicted molar refractivity (Wildman–Crippen MR) is 78.0 cm³/mol. The SMILES string of the molecule is C[C@@]12C=CCC1C1C=Cc3cc(O)ccc3C1CC2. The molecule has 1 aromatic carbocycles. The van der Waals surface area contributed by atoms with Gasteiger partial charge in [0.15, 0.2) is 0 Å². The number of phenolic OH excluding ortho intramolecular Hbond substituents is 1. The zero-order valence-electron chi connectivity index (χ0n) is 11.3. The van der Waals surface area contributed by atoms with Crippen LogP contribution in [0.3, 0.4) is 0 Å². The quantitative estimate of drug-likeness (QED) is 0.674. The molecule has 1 fully saturated rings. The van der Waals surface area contributed by atoms with Crippen molar-refractivity contribution in [2.75, 3.05) is 0 Å². The van der Waals surface area contributed by atoms with E-state index in [1.807, 2.05) is 12.1 Å². The van der Waals surface area contributed by atoms with Crippen LogP contribution in [0.15, 0.2) is 36.4 Å². The number of hydrogen-bond acceptors (Lipinski definition) is 1. The van der Waals surface area contributed by atoms with Crippen LogP contribution >= 0.6 is 0 Å². The molecule has 1 nitrogen and oxygen atoms in total. The average molecular weight is 252 g/mol. The molecule has 0 aliphatic heterocycles. The Morgan fingerprint density at radius 1 is 1.32 bits per heavy atom. The third-order valence-corrected chi connectivity index (χ3v) is 5.63. The molecule has 4 rings (SSSR count). The van der Waals surface area contributed by atoms with E-state index >= 15 is 0 Å². The minimum atomic E-state index is 0.380. The highest BCUT2D eigenvalue weighted by Gasteiger charge is 2.47. The molecule has 1 aromatic rings. The van der Waals surface area contributed by atoms with Crippen molar-refractivity contribution in [2.24, 2.45) is 17.3 Å². The van der Waals surface area contributed by atoms with E-state index < -0.39 is 0 Å². The molecule has 0 saturated heterocycles. The van der Waals surface area contributed by atoms with Crippen LogP contribution in [-0.2, 0) is 0 Å². The smallest absolute Gasteiger partial charge is 0.116 e. The van der Waals surface area contributed by atoms with E-state index in [4.69, 9.17) is 0 Å². The average Bonchev–Trinajstić information content (AvgIpc) is 2.79. The van der Waals surface area contributed by atoms with Gasteiger partial charge >= 0.3 is 0 Å². The van der Waals surface area contributed by atoms with E-state index in [2.05, 4.69) is 37.3 Å². The summed E-state index contributed by atoms with van der Waals surface area (Å²) < 4.78 is 0. The maximum Gasteiger partial charge on any atom is 0.116 e. The molecule has 1 saturated carbocycles. The van der Waals surface area contributed by atoms with Crippen LogP contribution in [-0.4, -0.2) is 5.11 Å². The number of rotatable bonds is 0. The molecule has 0 radical (unpaired) electrons. The summed E-state index contributed by atoms with van der Waals surface area (Å²) in [5.41, 5.74) is 3.08. The van der Waals surface area contributed by atoms with E-state index in [9.17, 15) is 5.11 Å². The first-order valence-corrected chi connectivity index (χ1v) is 7.36. The molecular formula is C18H20O. The summed E-state index contributed by atoms with van der Waals surface area (Å²) in [4.78, 5) is 0. The second-order valence-electron chi connectivity index (χ2n) is 6.65. The second-order valence-corrected chi connectivity index (χ2v) is 6.65. The lowest BCUT2D eigenvalue weighted by Gasteiger charge is -2.47. The molecule has 98 valence electrons. The first-order valence-electron chi connectivity index (χ1n) is 7.36. The van der Waals surface area contributed by atoms with Gasteiger partial charge in [-0.15, -0.1) is 0 Å². The Morgan fingerprint density at radius 2 is 2.21 bits per heavy atom. The minimum Gasteiger partial charge on any atom is -0.508 e. The maximum atomic E-state index is 9.63. The summed E-state index contributed by atoms with van der Waals surface area (Å²) >= 11 is 0. The lowest BCUT2D eigenvalue weighted by atomic mass is 9.57. The Balaban J connectivity index is 1.77. The van der Waals surface area contributed by atoms with E-state index in [1.54, 1.807) is 0 Å². The van der Waals surface area contributed by atoms with Gasteiger partial charge in [0.05, 0.1) is 0 Å². The van der Waals surface area contributed by atoms with Gasteiger partial charge < -0.3 is 5.11 Å². The summed E-state index contributed by atoms with van der Waals surface area (Å²) in [5, 5.41) is 9.63. The van der Waals surface area contributed by atoms with Crippen molar-refractivity contribution >= 4 is 6.08 Å². The Morgan fingerprint density at radius 3 is 3.11 bits per heavy atom. The van der Waals surface area contributed by atoms with Crippen LogP contribution in [0.2, 0.25) is 0 Å². The third-order valence-electron chi connectivity index (χ3n) is 5.63. The Kier molecular flexibility index (Phi) is 2.24. The summed E-state index contributed by atoms with van der Waals surface area (Å²) in [6.45, 7) is 2.43. The lowest BCUT2D eigenvalue weighted by molar-refractivity contribution is 0.123. The number of fused-ring (bicyclic) bond motifs is 5. The molecule has 3 aliphatic rings. The minimum absolute atomic E-state index is 0.380. The van der Waals surface area contributed by atoms with Crippen molar-refractivity contribution in [3.63, 3.8) is 0 Å². The Hall–Kier alpha value is -1.50. The number of phenols is 1. The molecule has 1 N–H and O–H groups in total. The molecule has 4 atom stereocenters. The van der Waals surface area contributed by atoms with E-state index in [0.717, 1.165) is 5.92 Å². The molecular weight excluding hydrogens is 232 g/mol. The standard InChI is InChI=1S/C18H20O/c1-18-9-2-3-17(18)16-6-4-12-11-13(19)5-7-14(12)15(16)8-10-18/h2,4-7,9,11,15-17,19H,3,8,10H2,1H3/t15?,16?,17?,18-/m0/s1. The molecule has 0 aromatic heterocycles. The Labute approximate surface area is 114 Å². The molecule has 3 aliphatic carbocycles. The van der Waals surface area contributed by atoms with Crippen LogP contribution in [0.25, 0.3) is 6.08 Å². The van der Waals surface area contributed by atoms with Crippen molar-refractivity contribution in [3.8, 4) is 5.75 Å². The summed E-state index contributed by atoms with van der Waals surface area (Å²) in [5.74, 6) is 2.47. The van der Waals surface area contributed by atoms with Crippen molar-refractivity contribution < 1.29 is 5.11 Å². The van der Waals surface area contributed by atoms with Crippen molar-refractivity contribution in [3.05, 3.63) is 47.6 Å². The molecule has 0 amide bonds. The topological polar surface area (TPSA) is 20.2 Å². The monoisotopic (exact) mass is 252 g/mol. The summed E-state index contributed by atoms with van der Waals surface area (Å²) in [6, 6.07) is 5.88. The molecule has 19 heavy (non-hydrogen) atoms. The first kappa shape index (κ1) is 11.3. The predicted octanol–water partition coefficient (Wildman–Crippen LogP) is 4.50. The molecule has 3 unspecified atom stereocenters. The number of benzene rings is 1. The van der Waals surface area contributed by atoms with Crippen LogP contribution in [0.4, 0.5) is 0 Å². The van der Waals surface area contributed by atoms with Gasteiger partial charge in [0, 0.05) is 0 Å². The fourth-order valence-electron chi connectivity index (χ4n) is 4.57. The van der Waals surface area contributed by atoms with Gasteiger partial charge in [0.2, 0.25) is 0 Å². The normalized spacial score (nSPS) is 38.7. The zero-order valence-corrected chi connectivity index (χ0v) is 11.3. The largest absolute Gasteiger partial charge is 0.508 e. The highest BCUT2D eigenvalue weighted by atomic mass is 16.3. The molecule has 0 heterocycles. The van der Waals surface area contributed by atoms with Gasteiger partial charge in [-0.1, -0.05) is 37.3 Å². The second kappa shape index (κ2) is 3.75. The van der Waals surface area contributed by atoms with Crippen LogP contribution in [0.5, 0.6) is 5.75 Å².